The van der Waals surface area contributed by atoms with Crippen LogP contribution in [0.15, 0.2) is 0 Å². The van der Waals surface area contributed by atoms with Gasteiger partial charge in [-0.3, -0.25) is 0 Å². The summed E-state index contributed by atoms with van der Waals surface area (Å²) < 4.78 is 9.63. The Balaban J connectivity index is 4.24. The zero-order valence-electron chi connectivity index (χ0n) is 12.4. The standard InChI is InChI=1S/C13H26N2O4/c1-5-8-13(4,9-14-11(16)18-6-2)10-15-12(17)19-7-3/h5-10H2,1-4H3,(H,14,16)(H,15,17). The van der Waals surface area contributed by atoms with Gasteiger partial charge in [-0.1, -0.05) is 20.3 Å². The quantitative estimate of drug-likeness (QED) is 0.712. The van der Waals surface area contributed by atoms with Crippen LogP contribution in [0, 0.1) is 5.41 Å². The molecule has 112 valence electrons. The van der Waals surface area contributed by atoms with Gasteiger partial charge in [0.1, 0.15) is 0 Å². The van der Waals surface area contributed by atoms with Crippen LogP contribution in [-0.2, 0) is 9.47 Å². The van der Waals surface area contributed by atoms with Gasteiger partial charge in [0.15, 0.2) is 0 Å². The van der Waals surface area contributed by atoms with Crippen LogP contribution in [0.1, 0.15) is 40.5 Å². The van der Waals surface area contributed by atoms with Crippen molar-refractivity contribution in [2.24, 2.45) is 5.41 Å². The SMILES string of the molecule is CCCC(C)(CNC(=O)OCC)CNC(=O)OCC. The Kier molecular flexibility index (Phi) is 8.74. The van der Waals surface area contributed by atoms with Crippen molar-refractivity contribution in [1.82, 2.24) is 10.6 Å². The third kappa shape index (κ3) is 8.29. The van der Waals surface area contributed by atoms with Gasteiger partial charge in [-0.2, -0.15) is 0 Å². The van der Waals surface area contributed by atoms with Crippen LogP contribution in [0.2, 0.25) is 0 Å². The molecule has 0 unspecified atom stereocenters. The fraction of sp³-hybridized carbons (Fsp3) is 0.846. The predicted molar refractivity (Wildman–Crippen MR) is 73.1 cm³/mol. The van der Waals surface area contributed by atoms with Gasteiger partial charge in [0.25, 0.3) is 0 Å². The zero-order chi connectivity index (χ0) is 14.7. The highest BCUT2D eigenvalue weighted by molar-refractivity contribution is 5.67. The normalized spacial score (nSPS) is 10.7. The minimum absolute atomic E-state index is 0.214. The number of carbonyl (C=O) groups excluding carboxylic acids is 2. The maximum Gasteiger partial charge on any atom is 0.407 e. The lowest BCUT2D eigenvalue weighted by atomic mass is 9.85. The molecule has 6 nitrogen and oxygen atoms in total. The second-order valence-corrected chi connectivity index (χ2v) is 4.71. The van der Waals surface area contributed by atoms with Crippen LogP contribution in [0.5, 0.6) is 0 Å². The van der Waals surface area contributed by atoms with E-state index in [0.717, 1.165) is 12.8 Å². The van der Waals surface area contributed by atoms with Crippen molar-refractivity contribution in [3.63, 3.8) is 0 Å². The Hall–Kier alpha value is -1.46. The molecular formula is C13H26N2O4. The first-order valence-corrected chi connectivity index (χ1v) is 6.78. The topological polar surface area (TPSA) is 76.7 Å². The van der Waals surface area contributed by atoms with E-state index in [0.29, 0.717) is 26.3 Å². The highest BCUT2D eigenvalue weighted by atomic mass is 16.6. The van der Waals surface area contributed by atoms with E-state index in [9.17, 15) is 9.59 Å². The van der Waals surface area contributed by atoms with E-state index in [1.807, 2.05) is 6.92 Å². The van der Waals surface area contributed by atoms with Crippen LogP contribution < -0.4 is 10.6 Å². The first-order chi connectivity index (χ1) is 8.97. The molecule has 2 N–H and O–H groups in total. The fourth-order valence-corrected chi connectivity index (χ4v) is 1.78. The van der Waals surface area contributed by atoms with Crippen molar-refractivity contribution in [3.05, 3.63) is 0 Å². The lowest BCUT2D eigenvalue weighted by molar-refractivity contribution is 0.137. The smallest absolute Gasteiger partial charge is 0.407 e. The maximum absolute atomic E-state index is 11.3. The maximum atomic E-state index is 11.3. The summed E-state index contributed by atoms with van der Waals surface area (Å²) >= 11 is 0. The summed E-state index contributed by atoms with van der Waals surface area (Å²) in [7, 11) is 0. The van der Waals surface area contributed by atoms with Gasteiger partial charge >= 0.3 is 12.2 Å². The Morgan fingerprint density at radius 3 is 1.68 bits per heavy atom. The van der Waals surface area contributed by atoms with Crippen LogP contribution in [0.3, 0.4) is 0 Å². The third-order valence-corrected chi connectivity index (χ3v) is 2.72. The summed E-state index contributed by atoms with van der Waals surface area (Å²) in [6.07, 6.45) is 0.985. The molecule has 6 heteroatoms. The molecule has 0 saturated carbocycles. The summed E-state index contributed by atoms with van der Waals surface area (Å²) in [5, 5.41) is 5.42. The first kappa shape index (κ1) is 17.5. The first-order valence-electron chi connectivity index (χ1n) is 6.78. The van der Waals surface area contributed by atoms with Crippen molar-refractivity contribution < 1.29 is 19.1 Å². The Bertz CT molecular complexity index is 260. The number of hydrogen-bond donors (Lipinski definition) is 2. The lowest BCUT2D eigenvalue weighted by Crippen LogP contribution is -2.44. The van der Waals surface area contributed by atoms with Gasteiger partial charge in [0.05, 0.1) is 13.2 Å². The number of rotatable bonds is 8. The predicted octanol–water partition coefficient (Wildman–Crippen LogP) is 2.29. The van der Waals surface area contributed by atoms with Crippen molar-refractivity contribution in [1.29, 1.82) is 0 Å². The second kappa shape index (κ2) is 9.47. The van der Waals surface area contributed by atoms with Crippen molar-refractivity contribution in [2.75, 3.05) is 26.3 Å². The van der Waals surface area contributed by atoms with E-state index in [1.54, 1.807) is 13.8 Å². The Morgan fingerprint density at radius 2 is 1.37 bits per heavy atom. The summed E-state index contributed by atoms with van der Waals surface area (Å²) in [6.45, 7) is 9.18. The molecule has 0 aromatic carbocycles. The van der Waals surface area contributed by atoms with Crippen molar-refractivity contribution in [3.8, 4) is 0 Å². The molecule has 2 amide bonds. The number of alkyl carbamates (subject to hydrolysis) is 2. The van der Waals surface area contributed by atoms with E-state index >= 15 is 0 Å². The molecular weight excluding hydrogens is 248 g/mol. The van der Waals surface area contributed by atoms with Crippen LogP contribution in [0.25, 0.3) is 0 Å². The van der Waals surface area contributed by atoms with Crippen molar-refractivity contribution in [2.45, 2.75) is 40.5 Å². The molecule has 0 aromatic heterocycles. The molecule has 0 aromatic rings. The molecule has 0 radical (unpaired) electrons. The highest BCUT2D eigenvalue weighted by Gasteiger charge is 2.25. The highest BCUT2D eigenvalue weighted by Crippen LogP contribution is 2.21. The molecule has 0 bridgehead atoms. The molecule has 0 aliphatic rings. The van der Waals surface area contributed by atoms with E-state index in [-0.39, 0.29) is 5.41 Å². The van der Waals surface area contributed by atoms with Gasteiger partial charge in [-0.15, -0.1) is 0 Å². The summed E-state index contributed by atoms with van der Waals surface area (Å²) in [5.41, 5.74) is -0.214. The van der Waals surface area contributed by atoms with Gasteiger partial charge in [-0.25, -0.2) is 9.59 Å². The number of carbonyl (C=O) groups is 2. The lowest BCUT2D eigenvalue weighted by Gasteiger charge is -2.29. The molecule has 0 saturated heterocycles. The molecule has 0 aliphatic heterocycles. The van der Waals surface area contributed by atoms with E-state index in [4.69, 9.17) is 9.47 Å². The van der Waals surface area contributed by atoms with Crippen LogP contribution in [0.4, 0.5) is 9.59 Å². The molecule has 0 fully saturated rings. The van der Waals surface area contributed by atoms with Gasteiger partial charge < -0.3 is 20.1 Å². The van der Waals surface area contributed by atoms with Gasteiger partial charge in [0.2, 0.25) is 0 Å². The molecule has 0 aliphatic carbocycles. The van der Waals surface area contributed by atoms with E-state index in [2.05, 4.69) is 17.6 Å². The minimum atomic E-state index is -0.430. The average Bonchev–Trinajstić information content (AvgIpc) is 2.36. The minimum Gasteiger partial charge on any atom is -0.450 e. The third-order valence-electron chi connectivity index (χ3n) is 2.72. The van der Waals surface area contributed by atoms with Crippen molar-refractivity contribution >= 4 is 12.2 Å². The fourth-order valence-electron chi connectivity index (χ4n) is 1.78. The molecule has 0 heterocycles. The van der Waals surface area contributed by atoms with Crippen LogP contribution in [-0.4, -0.2) is 38.5 Å². The van der Waals surface area contributed by atoms with Gasteiger partial charge in [-0.05, 0) is 20.3 Å². The Morgan fingerprint density at radius 1 is 0.947 bits per heavy atom. The Labute approximate surface area is 115 Å². The molecule has 19 heavy (non-hydrogen) atoms. The summed E-state index contributed by atoms with van der Waals surface area (Å²) in [5.74, 6) is 0. The number of nitrogens with one attached hydrogen (secondary N) is 2. The largest absolute Gasteiger partial charge is 0.450 e. The summed E-state index contributed by atoms with van der Waals surface area (Å²) in [4.78, 5) is 22.6. The number of ether oxygens (including phenoxy) is 2. The zero-order valence-corrected chi connectivity index (χ0v) is 12.4. The van der Waals surface area contributed by atoms with E-state index in [1.165, 1.54) is 0 Å². The van der Waals surface area contributed by atoms with Crippen LogP contribution >= 0.6 is 0 Å². The summed E-state index contributed by atoms with van der Waals surface area (Å²) in [6, 6.07) is 0. The molecule has 0 atom stereocenters. The molecule has 0 rings (SSSR count). The van der Waals surface area contributed by atoms with E-state index < -0.39 is 12.2 Å². The number of amides is 2. The average molecular weight is 274 g/mol. The monoisotopic (exact) mass is 274 g/mol. The second-order valence-electron chi connectivity index (χ2n) is 4.71. The van der Waals surface area contributed by atoms with Gasteiger partial charge in [0, 0.05) is 18.5 Å². The number of hydrogen-bond acceptors (Lipinski definition) is 4. The molecule has 0 spiro atoms.